The second-order valence-electron chi connectivity index (χ2n) is 13.4. The summed E-state index contributed by atoms with van der Waals surface area (Å²) in [7, 11) is -4.73. The number of ether oxygens (including phenoxy) is 2. The minimum absolute atomic E-state index is 0.106. The van der Waals surface area contributed by atoms with Gasteiger partial charge in [-0.2, -0.15) is 0 Å². The van der Waals surface area contributed by atoms with Crippen molar-refractivity contribution < 1.29 is 47.5 Å². The Labute approximate surface area is 326 Å². The lowest BCUT2D eigenvalue weighted by Gasteiger charge is -2.20. The van der Waals surface area contributed by atoms with E-state index in [0.717, 1.165) is 64.2 Å². The maximum absolute atomic E-state index is 12.6. The van der Waals surface area contributed by atoms with Crippen molar-refractivity contribution in [2.24, 2.45) is 5.73 Å². The first-order valence-corrected chi connectivity index (χ1v) is 21.8. The van der Waals surface area contributed by atoms with Gasteiger partial charge in [-0.1, -0.05) is 126 Å². The number of phosphoric ester groups is 1. The van der Waals surface area contributed by atoms with Gasteiger partial charge in [-0.05, 0) is 77.0 Å². The first-order valence-electron chi connectivity index (χ1n) is 20.3. The third kappa shape index (κ3) is 36.2. The third-order valence-electron chi connectivity index (χ3n) is 8.25. The van der Waals surface area contributed by atoms with Crippen molar-refractivity contribution in [2.45, 2.75) is 167 Å². The van der Waals surface area contributed by atoms with E-state index >= 15 is 0 Å². The third-order valence-corrected chi connectivity index (χ3v) is 9.20. The van der Waals surface area contributed by atoms with Crippen LogP contribution in [0.2, 0.25) is 0 Å². The van der Waals surface area contributed by atoms with Crippen LogP contribution in [0.3, 0.4) is 0 Å². The van der Waals surface area contributed by atoms with Gasteiger partial charge >= 0.3 is 25.7 Å². The van der Waals surface area contributed by atoms with E-state index in [2.05, 4.69) is 79.1 Å². The molecule has 0 saturated heterocycles. The van der Waals surface area contributed by atoms with Crippen molar-refractivity contribution in [3.05, 3.63) is 60.8 Å². The summed E-state index contributed by atoms with van der Waals surface area (Å²) >= 11 is 0. The molecule has 11 nitrogen and oxygen atoms in total. The van der Waals surface area contributed by atoms with Gasteiger partial charge < -0.3 is 25.2 Å². The Morgan fingerprint density at radius 1 is 0.593 bits per heavy atom. The predicted octanol–water partition coefficient (Wildman–Crippen LogP) is 10.4. The van der Waals surface area contributed by atoms with Gasteiger partial charge in [0, 0.05) is 12.8 Å². The Balaban J connectivity index is 4.49. The van der Waals surface area contributed by atoms with Crippen LogP contribution in [0.15, 0.2) is 60.8 Å². The molecule has 3 atom stereocenters. The molecule has 0 rings (SSSR count). The molecule has 0 aliphatic rings. The number of esters is 2. The lowest BCUT2D eigenvalue weighted by Crippen LogP contribution is -2.34. The first-order chi connectivity index (χ1) is 26.1. The second kappa shape index (κ2) is 37.1. The summed E-state index contributed by atoms with van der Waals surface area (Å²) in [5.74, 6) is -2.45. The van der Waals surface area contributed by atoms with Crippen LogP contribution in [0.25, 0.3) is 0 Å². The molecule has 0 amide bonds. The van der Waals surface area contributed by atoms with E-state index in [-0.39, 0.29) is 19.4 Å². The van der Waals surface area contributed by atoms with Gasteiger partial charge in [0.2, 0.25) is 0 Å². The van der Waals surface area contributed by atoms with Crippen LogP contribution in [0.5, 0.6) is 0 Å². The normalized spacial score (nSPS) is 14.4. The summed E-state index contributed by atoms with van der Waals surface area (Å²) in [5, 5.41) is 8.87. The van der Waals surface area contributed by atoms with E-state index in [9.17, 15) is 23.8 Å². The van der Waals surface area contributed by atoms with Crippen LogP contribution < -0.4 is 5.73 Å². The van der Waals surface area contributed by atoms with Gasteiger partial charge in [0.1, 0.15) is 12.6 Å². The molecule has 0 spiro atoms. The molecule has 0 aromatic rings. The first kappa shape index (κ1) is 51.2. The van der Waals surface area contributed by atoms with Gasteiger partial charge in [0.15, 0.2) is 6.10 Å². The quantitative estimate of drug-likeness (QED) is 0.0237. The van der Waals surface area contributed by atoms with Gasteiger partial charge in [-0.25, -0.2) is 4.57 Å². The zero-order valence-corrected chi connectivity index (χ0v) is 34.2. The molecule has 0 radical (unpaired) electrons. The zero-order valence-electron chi connectivity index (χ0n) is 33.3. The van der Waals surface area contributed by atoms with E-state index in [1.807, 2.05) is 0 Å². The van der Waals surface area contributed by atoms with Crippen molar-refractivity contribution in [3.8, 4) is 0 Å². The molecule has 1 unspecified atom stereocenters. The number of carboxylic acids is 1. The number of aliphatic carboxylic acids is 1. The Bertz CT molecular complexity index is 1150. The summed E-state index contributed by atoms with van der Waals surface area (Å²) in [4.78, 5) is 45.8. The molecule has 12 heteroatoms. The van der Waals surface area contributed by atoms with Crippen molar-refractivity contribution in [3.63, 3.8) is 0 Å². The van der Waals surface area contributed by atoms with Crippen LogP contribution >= 0.6 is 7.82 Å². The predicted molar refractivity (Wildman–Crippen MR) is 217 cm³/mol. The number of allylic oxidation sites excluding steroid dienone is 10. The summed E-state index contributed by atoms with van der Waals surface area (Å²) in [6.07, 6.45) is 41.5. The highest BCUT2D eigenvalue weighted by Crippen LogP contribution is 2.43. The van der Waals surface area contributed by atoms with Gasteiger partial charge in [0.05, 0.1) is 13.2 Å². The topological polar surface area (TPSA) is 172 Å². The number of carbonyl (C=O) groups excluding carboxylic acids is 2. The van der Waals surface area contributed by atoms with E-state index < -0.39 is 51.1 Å². The fourth-order valence-corrected chi connectivity index (χ4v) is 5.83. The Morgan fingerprint density at radius 3 is 1.61 bits per heavy atom. The second-order valence-corrected chi connectivity index (χ2v) is 14.8. The van der Waals surface area contributed by atoms with Crippen LogP contribution in [0.4, 0.5) is 0 Å². The molecule has 54 heavy (non-hydrogen) atoms. The molecule has 0 aliphatic heterocycles. The molecule has 310 valence electrons. The Kier molecular flexibility index (Phi) is 35.2. The smallest absolute Gasteiger partial charge is 0.472 e. The Hall–Kier alpha value is -2.82. The van der Waals surface area contributed by atoms with Gasteiger partial charge in [-0.3, -0.25) is 23.4 Å². The molecule has 0 aromatic carbocycles. The van der Waals surface area contributed by atoms with Crippen molar-refractivity contribution >= 4 is 25.7 Å². The highest BCUT2D eigenvalue weighted by molar-refractivity contribution is 7.47. The lowest BCUT2D eigenvalue weighted by molar-refractivity contribution is -0.161. The van der Waals surface area contributed by atoms with Gasteiger partial charge in [0.25, 0.3) is 0 Å². The number of hydrogen-bond acceptors (Lipinski definition) is 9. The van der Waals surface area contributed by atoms with E-state index in [1.54, 1.807) is 0 Å². The zero-order chi connectivity index (χ0) is 40.0. The van der Waals surface area contributed by atoms with E-state index in [4.69, 9.17) is 24.8 Å². The average molecular weight is 782 g/mol. The van der Waals surface area contributed by atoms with Gasteiger partial charge in [-0.15, -0.1) is 0 Å². The van der Waals surface area contributed by atoms with Crippen molar-refractivity contribution in [2.75, 3.05) is 19.8 Å². The van der Waals surface area contributed by atoms with Crippen molar-refractivity contribution in [1.29, 1.82) is 0 Å². The maximum atomic E-state index is 12.6. The molecule has 0 saturated carbocycles. The maximum Gasteiger partial charge on any atom is 0.472 e. The number of hydrogen-bond donors (Lipinski definition) is 3. The summed E-state index contributed by atoms with van der Waals surface area (Å²) in [6, 6.07) is -1.53. The minimum atomic E-state index is -4.73. The average Bonchev–Trinajstić information content (AvgIpc) is 3.14. The lowest BCUT2D eigenvalue weighted by atomic mass is 10.1. The fraction of sp³-hybridized carbons (Fsp3) is 0.690. The molecule has 0 fully saturated rings. The van der Waals surface area contributed by atoms with Crippen LogP contribution in [0, 0.1) is 0 Å². The van der Waals surface area contributed by atoms with Crippen LogP contribution in [-0.4, -0.2) is 59.9 Å². The van der Waals surface area contributed by atoms with E-state index in [1.165, 1.54) is 51.4 Å². The molecular formula is C42H72NO10P. The molecule has 0 bridgehead atoms. The molecule has 0 heterocycles. The largest absolute Gasteiger partial charge is 0.480 e. The van der Waals surface area contributed by atoms with Crippen molar-refractivity contribution in [1.82, 2.24) is 0 Å². The molecular weight excluding hydrogens is 709 g/mol. The number of unbranched alkanes of at least 4 members (excludes halogenated alkanes) is 13. The summed E-state index contributed by atoms with van der Waals surface area (Å²) in [6.45, 7) is 2.61. The number of nitrogens with two attached hydrogens (primary N) is 1. The highest BCUT2D eigenvalue weighted by atomic mass is 31.2. The molecule has 0 aliphatic carbocycles. The van der Waals surface area contributed by atoms with E-state index in [0.29, 0.717) is 12.8 Å². The molecule has 4 N–H and O–H groups in total. The monoisotopic (exact) mass is 781 g/mol. The Morgan fingerprint density at radius 2 is 1.04 bits per heavy atom. The number of carboxylic acid groups (broad SMARTS) is 1. The number of phosphoric acid groups is 1. The molecule has 0 aromatic heterocycles. The minimum Gasteiger partial charge on any atom is -0.480 e. The summed E-state index contributed by atoms with van der Waals surface area (Å²) in [5.41, 5.74) is 5.32. The summed E-state index contributed by atoms with van der Waals surface area (Å²) < 4.78 is 32.6. The number of rotatable bonds is 37. The van der Waals surface area contributed by atoms with Crippen LogP contribution in [-0.2, 0) is 37.5 Å². The SMILES string of the molecule is CC/C=C\C/C=C\C/C=C\C/C=C\CCCCC(=O)O[C@H](COC(=O)CCCCCCCCC/C=C\CCCCCC)COP(=O)(O)OC[C@H](N)C(=O)O. The highest BCUT2D eigenvalue weighted by Gasteiger charge is 2.28. The standard InChI is InChI=1S/C42H72NO10P/c1-3-5-7-9-11-13-15-17-19-21-23-25-27-29-31-33-40(44)50-35-38(36-51-54(48,49)52-37-39(43)42(46)47)53-41(45)34-32-30-28-26-24-22-20-18-16-14-12-10-8-6-4-2/h6,8,12-15,18,20,24,26,38-39H,3-5,7,9-11,16-17,19,21-23,25,27-37,43H2,1-2H3,(H,46,47)(H,48,49)/b8-6-,14-12-,15-13-,20-18-,26-24-/t38-,39+/m1/s1. The fourth-order valence-electron chi connectivity index (χ4n) is 5.05. The number of carbonyl (C=O) groups is 3. The van der Waals surface area contributed by atoms with Crippen LogP contribution in [0.1, 0.15) is 155 Å².